The fourth-order valence-electron chi connectivity index (χ4n) is 4.25. The molecule has 2 bridgehead atoms. The van der Waals surface area contributed by atoms with Gasteiger partial charge in [0, 0.05) is 42.3 Å². The van der Waals surface area contributed by atoms with Crippen LogP contribution >= 0.6 is 12.4 Å². The molecule has 2 aromatic rings. The molecule has 132 valence electrons. The Morgan fingerprint density at radius 1 is 1.12 bits per heavy atom. The van der Waals surface area contributed by atoms with Gasteiger partial charge in [0.05, 0.1) is 0 Å². The van der Waals surface area contributed by atoms with Crippen molar-refractivity contribution in [2.45, 2.75) is 43.2 Å². The minimum Gasteiger partial charge on any atom is -0.347 e. The van der Waals surface area contributed by atoms with Gasteiger partial charge in [-0.05, 0) is 38.8 Å². The minimum absolute atomic E-state index is 0. The summed E-state index contributed by atoms with van der Waals surface area (Å²) in [5.74, 6) is 0. The summed E-state index contributed by atoms with van der Waals surface area (Å²) in [6.45, 7) is 3.58. The van der Waals surface area contributed by atoms with E-state index in [4.69, 9.17) is 0 Å². The highest BCUT2D eigenvalue weighted by Gasteiger charge is 2.44. The minimum atomic E-state index is -3.49. The number of halogens is 1. The van der Waals surface area contributed by atoms with E-state index < -0.39 is 10.0 Å². The lowest BCUT2D eigenvalue weighted by Gasteiger charge is -2.27. The maximum atomic E-state index is 13.5. The molecule has 3 heterocycles. The van der Waals surface area contributed by atoms with Crippen molar-refractivity contribution >= 4 is 33.3 Å². The molecule has 2 unspecified atom stereocenters. The average molecular weight is 370 g/mol. The lowest BCUT2D eigenvalue weighted by molar-refractivity contribution is 0.334. The average Bonchev–Trinajstić information content (AvgIpc) is 2.94. The smallest absolute Gasteiger partial charge is 0.246 e. The zero-order valence-corrected chi connectivity index (χ0v) is 15.7. The summed E-state index contributed by atoms with van der Waals surface area (Å²) in [5, 5.41) is 4.22. The number of benzene rings is 1. The zero-order chi connectivity index (χ0) is 16.2. The lowest BCUT2D eigenvalue weighted by atomic mass is 10.1. The molecule has 24 heavy (non-hydrogen) atoms. The molecule has 7 heteroatoms. The van der Waals surface area contributed by atoms with Gasteiger partial charge >= 0.3 is 0 Å². The highest BCUT2D eigenvalue weighted by molar-refractivity contribution is 7.89. The number of aromatic nitrogens is 1. The molecule has 2 atom stereocenters. The van der Waals surface area contributed by atoms with Crippen molar-refractivity contribution in [3.8, 4) is 0 Å². The Balaban J connectivity index is 0.00000169. The van der Waals surface area contributed by atoms with Gasteiger partial charge < -0.3 is 9.88 Å². The lowest BCUT2D eigenvalue weighted by Crippen LogP contribution is -2.42. The Labute approximate surface area is 149 Å². The quantitative estimate of drug-likeness (QED) is 0.884. The van der Waals surface area contributed by atoms with E-state index in [1.807, 2.05) is 47.1 Å². The summed E-state index contributed by atoms with van der Waals surface area (Å²) >= 11 is 0. The van der Waals surface area contributed by atoms with Crippen LogP contribution in [0.5, 0.6) is 0 Å². The molecule has 1 aromatic heterocycles. The molecule has 0 saturated carbocycles. The first kappa shape index (κ1) is 17.7. The van der Waals surface area contributed by atoms with Crippen molar-refractivity contribution in [1.82, 2.24) is 14.2 Å². The fraction of sp³-hybridized carbons (Fsp3) is 0.529. The van der Waals surface area contributed by atoms with Crippen LogP contribution < -0.4 is 5.32 Å². The molecule has 1 N–H and O–H groups in total. The second-order valence-corrected chi connectivity index (χ2v) is 8.48. The van der Waals surface area contributed by atoms with Gasteiger partial charge in [-0.3, -0.25) is 0 Å². The number of rotatable bonds is 2. The number of fused-ring (bicyclic) bond motifs is 3. The second kappa shape index (κ2) is 6.33. The summed E-state index contributed by atoms with van der Waals surface area (Å²) in [4.78, 5) is 0.495. The standard InChI is InChI=1S/C17H23N3O2S.ClH/c1-12-17(15-5-3-4-6-16(15)19(12)2)23(21,22)20-13-7-8-14(20)11-18-10-9-13;/h3-6,13-14,18H,7-11H2,1-2H3;1H. The third kappa shape index (κ3) is 2.47. The van der Waals surface area contributed by atoms with Crippen molar-refractivity contribution in [2.75, 3.05) is 13.1 Å². The topological polar surface area (TPSA) is 54.3 Å². The number of nitrogens with one attached hydrogen (secondary N) is 1. The van der Waals surface area contributed by atoms with Gasteiger partial charge in [-0.25, -0.2) is 8.42 Å². The van der Waals surface area contributed by atoms with Crippen LogP contribution in [0.3, 0.4) is 0 Å². The van der Waals surface area contributed by atoms with Crippen LogP contribution in [0.15, 0.2) is 29.2 Å². The van der Waals surface area contributed by atoms with E-state index >= 15 is 0 Å². The molecule has 4 rings (SSSR count). The van der Waals surface area contributed by atoms with Gasteiger partial charge in [-0.1, -0.05) is 18.2 Å². The Morgan fingerprint density at radius 2 is 1.83 bits per heavy atom. The molecule has 0 radical (unpaired) electrons. The first-order valence-corrected chi connectivity index (χ1v) is 9.74. The largest absolute Gasteiger partial charge is 0.347 e. The maximum Gasteiger partial charge on any atom is 0.246 e. The number of sulfonamides is 1. The summed E-state index contributed by atoms with van der Waals surface area (Å²) in [7, 11) is -1.55. The van der Waals surface area contributed by atoms with Crippen molar-refractivity contribution in [3.63, 3.8) is 0 Å². The van der Waals surface area contributed by atoms with E-state index in [1.165, 1.54) is 0 Å². The monoisotopic (exact) mass is 369 g/mol. The molecular formula is C17H24ClN3O2S. The molecule has 2 fully saturated rings. The molecule has 0 amide bonds. The Hall–Kier alpha value is -1.08. The SMILES string of the molecule is Cc1c(S(=O)(=O)N2C3CCNCC2CC3)c2ccccc2n1C.Cl. The number of para-hydroxylation sites is 1. The zero-order valence-electron chi connectivity index (χ0n) is 14.0. The Bertz CT molecular complexity index is 848. The molecule has 5 nitrogen and oxygen atoms in total. The molecule has 2 aliphatic heterocycles. The molecule has 0 aliphatic carbocycles. The van der Waals surface area contributed by atoms with Crippen LogP contribution in [0.4, 0.5) is 0 Å². The first-order chi connectivity index (χ1) is 11.0. The van der Waals surface area contributed by atoms with Crippen LogP contribution in [0, 0.1) is 6.92 Å². The Kier molecular flexibility index (Phi) is 4.68. The normalized spacial score (nSPS) is 24.8. The van der Waals surface area contributed by atoms with E-state index in [9.17, 15) is 8.42 Å². The van der Waals surface area contributed by atoms with Gasteiger partial charge in [-0.15, -0.1) is 12.4 Å². The summed E-state index contributed by atoms with van der Waals surface area (Å²) in [5.41, 5.74) is 1.80. The van der Waals surface area contributed by atoms with Crippen LogP contribution in [0.2, 0.25) is 0 Å². The van der Waals surface area contributed by atoms with Gasteiger partial charge in [0.15, 0.2) is 0 Å². The number of aryl methyl sites for hydroxylation is 1. The van der Waals surface area contributed by atoms with Crippen LogP contribution in [-0.2, 0) is 17.1 Å². The molecule has 2 saturated heterocycles. The van der Waals surface area contributed by atoms with Crippen LogP contribution in [0.1, 0.15) is 25.0 Å². The summed E-state index contributed by atoms with van der Waals surface area (Å²) in [6, 6.07) is 8.01. The van der Waals surface area contributed by atoms with Gasteiger partial charge in [0.2, 0.25) is 10.0 Å². The van der Waals surface area contributed by atoms with E-state index in [0.717, 1.165) is 48.9 Å². The van der Waals surface area contributed by atoms with Crippen molar-refractivity contribution in [1.29, 1.82) is 0 Å². The fourth-order valence-corrected chi connectivity index (χ4v) is 6.60. The van der Waals surface area contributed by atoms with Crippen LogP contribution in [-0.4, -0.2) is 42.5 Å². The van der Waals surface area contributed by atoms with Crippen molar-refractivity contribution in [2.24, 2.45) is 7.05 Å². The highest BCUT2D eigenvalue weighted by atomic mass is 35.5. The van der Waals surface area contributed by atoms with E-state index in [-0.39, 0.29) is 24.5 Å². The van der Waals surface area contributed by atoms with Gasteiger partial charge in [0.1, 0.15) is 4.90 Å². The van der Waals surface area contributed by atoms with Crippen molar-refractivity contribution < 1.29 is 8.42 Å². The summed E-state index contributed by atoms with van der Waals surface area (Å²) in [6.07, 6.45) is 2.84. The van der Waals surface area contributed by atoms with E-state index in [1.54, 1.807) is 0 Å². The number of hydrogen-bond donors (Lipinski definition) is 1. The third-order valence-corrected chi connectivity index (χ3v) is 7.65. The van der Waals surface area contributed by atoms with Gasteiger partial charge in [0.25, 0.3) is 0 Å². The predicted molar refractivity (Wildman–Crippen MR) is 98.2 cm³/mol. The number of hydrogen-bond acceptors (Lipinski definition) is 3. The van der Waals surface area contributed by atoms with E-state index in [2.05, 4.69) is 5.32 Å². The molecule has 1 aromatic carbocycles. The highest BCUT2D eigenvalue weighted by Crippen LogP contribution is 2.38. The first-order valence-electron chi connectivity index (χ1n) is 8.30. The molecule has 0 spiro atoms. The Morgan fingerprint density at radius 3 is 2.62 bits per heavy atom. The van der Waals surface area contributed by atoms with Gasteiger partial charge in [-0.2, -0.15) is 4.31 Å². The molecule has 2 aliphatic rings. The summed E-state index contributed by atoms with van der Waals surface area (Å²) < 4.78 is 30.9. The van der Waals surface area contributed by atoms with Crippen molar-refractivity contribution in [3.05, 3.63) is 30.0 Å². The third-order valence-electron chi connectivity index (χ3n) is 5.46. The van der Waals surface area contributed by atoms with Crippen LogP contribution in [0.25, 0.3) is 10.9 Å². The second-order valence-electron chi connectivity index (χ2n) is 6.70. The molecular weight excluding hydrogens is 346 g/mol. The maximum absolute atomic E-state index is 13.5. The number of nitrogens with zero attached hydrogens (tertiary/aromatic N) is 2. The van der Waals surface area contributed by atoms with E-state index in [0.29, 0.717) is 4.90 Å². The predicted octanol–water partition coefficient (Wildman–Crippen LogP) is 2.42.